The molecule has 0 unspecified atom stereocenters. The number of aromatic nitrogens is 1. The number of amides is 1. The first-order valence-corrected chi connectivity index (χ1v) is 10.4. The van der Waals surface area contributed by atoms with Crippen molar-refractivity contribution in [2.75, 3.05) is 18.2 Å². The molecule has 0 atom stereocenters. The first kappa shape index (κ1) is 23.2. The van der Waals surface area contributed by atoms with Crippen LogP contribution in [0.3, 0.4) is 0 Å². The molecule has 0 saturated carbocycles. The van der Waals surface area contributed by atoms with Crippen LogP contribution < -0.4 is 10.1 Å². The molecule has 3 rings (SSSR count). The third kappa shape index (κ3) is 5.59. The number of ether oxygens (including phenoxy) is 1. The zero-order valence-corrected chi connectivity index (χ0v) is 18.0. The lowest BCUT2D eigenvalue weighted by molar-refractivity contribution is -0.138. The van der Waals surface area contributed by atoms with Crippen LogP contribution in [-0.2, 0) is 11.0 Å². The maximum atomic E-state index is 13.7. The summed E-state index contributed by atoms with van der Waals surface area (Å²) in [5.74, 6) is -0.0902. The Hall–Kier alpha value is -3.51. The van der Waals surface area contributed by atoms with E-state index < -0.39 is 23.2 Å². The Balaban J connectivity index is 1.91. The maximum absolute atomic E-state index is 13.7. The molecule has 164 valence electrons. The molecule has 0 radical (unpaired) electrons. The normalized spacial score (nSPS) is 11.0. The number of benzene rings is 2. The van der Waals surface area contributed by atoms with Gasteiger partial charge in [0.15, 0.2) is 0 Å². The van der Waals surface area contributed by atoms with Crippen molar-refractivity contribution in [1.29, 1.82) is 5.26 Å². The number of nitriles is 1. The van der Waals surface area contributed by atoms with E-state index in [0.29, 0.717) is 17.0 Å². The Morgan fingerprint density at radius 2 is 1.81 bits per heavy atom. The number of pyridine rings is 1. The summed E-state index contributed by atoms with van der Waals surface area (Å²) >= 11 is 0.779. The fourth-order valence-corrected chi connectivity index (χ4v) is 3.64. The van der Waals surface area contributed by atoms with Crippen molar-refractivity contribution in [2.24, 2.45) is 0 Å². The molecular formula is C23H18F3N3O2S. The molecule has 0 aliphatic rings. The predicted molar refractivity (Wildman–Crippen MR) is 116 cm³/mol. The number of carbonyl (C=O) groups is 1. The van der Waals surface area contributed by atoms with E-state index in [1.807, 2.05) is 19.1 Å². The van der Waals surface area contributed by atoms with Crippen LogP contribution in [0.5, 0.6) is 5.75 Å². The van der Waals surface area contributed by atoms with Gasteiger partial charge in [0.05, 0.1) is 29.7 Å². The van der Waals surface area contributed by atoms with Gasteiger partial charge in [-0.3, -0.25) is 4.79 Å². The summed E-state index contributed by atoms with van der Waals surface area (Å²) in [6, 6.07) is 15.9. The van der Waals surface area contributed by atoms with Gasteiger partial charge in [0.1, 0.15) is 16.8 Å². The van der Waals surface area contributed by atoms with Crippen molar-refractivity contribution < 1.29 is 22.7 Å². The second-order valence-corrected chi connectivity index (χ2v) is 7.74. The van der Waals surface area contributed by atoms with Gasteiger partial charge in [0.2, 0.25) is 5.91 Å². The molecule has 5 nitrogen and oxygen atoms in total. The fraction of sp³-hybridized carbons (Fsp3) is 0.174. The van der Waals surface area contributed by atoms with Crippen LogP contribution in [0.4, 0.5) is 18.9 Å². The number of hydrogen-bond donors (Lipinski definition) is 1. The van der Waals surface area contributed by atoms with Gasteiger partial charge in [-0.05, 0) is 49.4 Å². The molecule has 2 aromatic carbocycles. The quantitative estimate of drug-likeness (QED) is 0.482. The van der Waals surface area contributed by atoms with E-state index in [2.05, 4.69) is 10.3 Å². The highest BCUT2D eigenvalue weighted by molar-refractivity contribution is 8.00. The van der Waals surface area contributed by atoms with Crippen molar-refractivity contribution in [3.63, 3.8) is 0 Å². The predicted octanol–water partition coefficient (Wildman–Crippen LogP) is 5.69. The van der Waals surface area contributed by atoms with Gasteiger partial charge < -0.3 is 10.1 Å². The van der Waals surface area contributed by atoms with E-state index in [1.54, 1.807) is 42.5 Å². The summed E-state index contributed by atoms with van der Waals surface area (Å²) in [6.45, 7) is 1.91. The molecule has 0 fully saturated rings. The third-order valence-electron chi connectivity index (χ3n) is 4.46. The molecule has 0 aliphatic carbocycles. The van der Waals surface area contributed by atoms with Gasteiger partial charge in [-0.1, -0.05) is 29.5 Å². The Kier molecular flexibility index (Phi) is 7.05. The topological polar surface area (TPSA) is 75.0 Å². The Morgan fingerprint density at radius 1 is 1.16 bits per heavy atom. The first-order chi connectivity index (χ1) is 15.2. The molecule has 3 aromatic rings. The maximum Gasteiger partial charge on any atom is 0.417 e. The van der Waals surface area contributed by atoms with Crippen LogP contribution in [0.2, 0.25) is 0 Å². The molecular weight excluding hydrogens is 439 g/mol. The zero-order chi connectivity index (χ0) is 23.3. The molecule has 32 heavy (non-hydrogen) atoms. The lowest BCUT2D eigenvalue weighted by Crippen LogP contribution is -2.15. The van der Waals surface area contributed by atoms with E-state index >= 15 is 0 Å². The molecule has 0 aliphatic heterocycles. The van der Waals surface area contributed by atoms with Gasteiger partial charge in [-0.25, -0.2) is 4.98 Å². The SMILES string of the molecule is COc1ccc(-c2cc(C(F)(F)F)c(C#N)c(SCC(=O)Nc3ccc(C)cc3)n2)cc1. The Morgan fingerprint density at radius 3 is 2.38 bits per heavy atom. The molecule has 0 bridgehead atoms. The van der Waals surface area contributed by atoms with Gasteiger partial charge >= 0.3 is 6.18 Å². The summed E-state index contributed by atoms with van der Waals surface area (Å²) in [5.41, 5.74) is 0.352. The fourth-order valence-electron chi connectivity index (χ4n) is 2.84. The van der Waals surface area contributed by atoms with Gasteiger partial charge in [0.25, 0.3) is 0 Å². The van der Waals surface area contributed by atoms with Crippen molar-refractivity contribution in [1.82, 2.24) is 4.98 Å². The molecule has 9 heteroatoms. The minimum Gasteiger partial charge on any atom is -0.497 e. The van der Waals surface area contributed by atoms with Crippen LogP contribution in [0.1, 0.15) is 16.7 Å². The number of hydrogen-bond acceptors (Lipinski definition) is 5. The van der Waals surface area contributed by atoms with Gasteiger partial charge in [0, 0.05) is 11.3 Å². The van der Waals surface area contributed by atoms with Crippen LogP contribution in [0.25, 0.3) is 11.3 Å². The van der Waals surface area contributed by atoms with Crippen molar-refractivity contribution in [2.45, 2.75) is 18.1 Å². The number of rotatable bonds is 6. The minimum atomic E-state index is -4.76. The van der Waals surface area contributed by atoms with Crippen LogP contribution in [0, 0.1) is 18.3 Å². The molecule has 1 heterocycles. The first-order valence-electron chi connectivity index (χ1n) is 9.37. The lowest BCUT2D eigenvalue weighted by atomic mass is 10.1. The monoisotopic (exact) mass is 457 g/mol. The highest BCUT2D eigenvalue weighted by Crippen LogP contribution is 2.38. The summed E-state index contributed by atoms with van der Waals surface area (Å²) < 4.78 is 46.1. The average molecular weight is 457 g/mol. The number of nitrogens with one attached hydrogen (secondary N) is 1. The van der Waals surface area contributed by atoms with E-state index in [0.717, 1.165) is 23.4 Å². The number of aryl methyl sites for hydroxylation is 1. The molecule has 0 saturated heterocycles. The van der Waals surface area contributed by atoms with E-state index in [-0.39, 0.29) is 16.5 Å². The molecule has 1 N–H and O–H groups in total. The summed E-state index contributed by atoms with van der Waals surface area (Å²) in [5, 5.41) is 11.9. The lowest BCUT2D eigenvalue weighted by Gasteiger charge is -2.14. The Bertz CT molecular complexity index is 1160. The average Bonchev–Trinajstić information content (AvgIpc) is 2.78. The van der Waals surface area contributed by atoms with E-state index in [4.69, 9.17) is 4.74 Å². The number of methoxy groups -OCH3 is 1. The van der Waals surface area contributed by atoms with Crippen molar-refractivity contribution >= 4 is 23.4 Å². The van der Waals surface area contributed by atoms with Gasteiger partial charge in [-0.15, -0.1) is 0 Å². The van der Waals surface area contributed by atoms with Crippen molar-refractivity contribution in [3.05, 3.63) is 71.3 Å². The zero-order valence-electron chi connectivity index (χ0n) is 17.2. The third-order valence-corrected chi connectivity index (χ3v) is 5.44. The molecule has 1 aromatic heterocycles. The van der Waals surface area contributed by atoms with E-state index in [1.165, 1.54) is 7.11 Å². The van der Waals surface area contributed by atoms with Gasteiger partial charge in [-0.2, -0.15) is 18.4 Å². The highest BCUT2D eigenvalue weighted by Gasteiger charge is 2.36. The second kappa shape index (κ2) is 9.75. The van der Waals surface area contributed by atoms with Crippen LogP contribution in [0.15, 0.2) is 59.6 Å². The van der Waals surface area contributed by atoms with E-state index in [9.17, 15) is 23.2 Å². The summed E-state index contributed by atoms with van der Waals surface area (Å²) in [7, 11) is 1.48. The number of nitrogens with zero attached hydrogens (tertiary/aromatic N) is 2. The summed E-state index contributed by atoms with van der Waals surface area (Å²) in [6.07, 6.45) is -4.76. The number of halogens is 3. The molecule has 0 spiro atoms. The Labute approximate surface area is 187 Å². The second-order valence-electron chi connectivity index (χ2n) is 6.78. The molecule has 1 amide bonds. The van der Waals surface area contributed by atoms with Crippen LogP contribution in [-0.4, -0.2) is 23.8 Å². The highest BCUT2D eigenvalue weighted by atomic mass is 32.2. The number of thioether (sulfide) groups is 1. The van der Waals surface area contributed by atoms with Crippen LogP contribution >= 0.6 is 11.8 Å². The standard InChI is InChI=1S/C23H18F3N3O2S/c1-14-3-7-16(8-4-14)28-21(30)13-32-22-18(12-27)19(23(24,25)26)11-20(29-22)15-5-9-17(31-2)10-6-15/h3-11H,13H2,1-2H3,(H,28,30). The number of alkyl halides is 3. The number of anilines is 1. The van der Waals surface area contributed by atoms with Crippen molar-refractivity contribution in [3.8, 4) is 23.1 Å². The smallest absolute Gasteiger partial charge is 0.417 e. The summed E-state index contributed by atoms with van der Waals surface area (Å²) in [4.78, 5) is 16.6. The number of carbonyl (C=O) groups excluding carboxylic acids is 1. The minimum absolute atomic E-state index is 0.0421. The largest absolute Gasteiger partial charge is 0.497 e.